The number of H-pyrrole nitrogens is 1. The molecule has 9 heteroatoms. The zero-order valence-corrected chi connectivity index (χ0v) is 17.3. The molecule has 0 aliphatic carbocycles. The van der Waals surface area contributed by atoms with Gasteiger partial charge in [0.15, 0.2) is 0 Å². The molecule has 3 heterocycles. The van der Waals surface area contributed by atoms with Crippen LogP contribution in [0.25, 0.3) is 10.8 Å². The molecule has 0 atom stereocenters. The van der Waals surface area contributed by atoms with E-state index in [9.17, 15) is 14.4 Å². The Bertz CT molecular complexity index is 1280. The van der Waals surface area contributed by atoms with Gasteiger partial charge in [0.1, 0.15) is 5.75 Å². The third-order valence-electron chi connectivity index (χ3n) is 6.06. The summed E-state index contributed by atoms with van der Waals surface area (Å²) in [4.78, 5) is 39.6. The summed E-state index contributed by atoms with van der Waals surface area (Å²) >= 11 is 0. The van der Waals surface area contributed by atoms with Crippen molar-refractivity contribution >= 4 is 22.8 Å². The summed E-state index contributed by atoms with van der Waals surface area (Å²) in [5, 5.41) is 17.3. The fourth-order valence-electron chi connectivity index (χ4n) is 4.41. The van der Waals surface area contributed by atoms with Crippen molar-refractivity contribution in [1.29, 1.82) is 0 Å². The number of aromatic nitrogens is 2. The van der Waals surface area contributed by atoms with Gasteiger partial charge >= 0.3 is 6.09 Å². The molecule has 2 N–H and O–H groups in total. The van der Waals surface area contributed by atoms with Gasteiger partial charge < -0.3 is 19.6 Å². The maximum Gasteiger partial charge on any atom is 0.407 e. The van der Waals surface area contributed by atoms with Crippen molar-refractivity contribution in [3.05, 3.63) is 69.1 Å². The first-order valence-electron chi connectivity index (χ1n) is 10.5. The second-order valence-corrected chi connectivity index (χ2v) is 8.01. The molecule has 0 unspecified atom stereocenters. The van der Waals surface area contributed by atoms with E-state index < -0.39 is 6.09 Å². The lowest BCUT2D eigenvalue weighted by Gasteiger charge is -2.33. The molecule has 0 bridgehead atoms. The molecule has 0 spiro atoms. The number of nitrogens with one attached hydrogen (secondary N) is 1. The minimum absolute atomic E-state index is 0.158. The predicted octanol–water partition coefficient (Wildman–Crippen LogP) is 1.88. The molecule has 1 saturated heterocycles. The summed E-state index contributed by atoms with van der Waals surface area (Å²) in [6.45, 7) is 1.78. The Morgan fingerprint density at radius 1 is 1.06 bits per heavy atom. The molecule has 164 valence electrons. The quantitative estimate of drug-likeness (QED) is 0.650. The molecule has 2 amide bonds. The van der Waals surface area contributed by atoms with Gasteiger partial charge in [0.05, 0.1) is 23.3 Å². The number of aromatic amines is 1. The largest absolute Gasteiger partial charge is 0.492 e. The minimum atomic E-state index is -0.969. The van der Waals surface area contributed by atoms with Crippen molar-refractivity contribution in [3.8, 4) is 5.75 Å². The molecule has 5 rings (SSSR count). The van der Waals surface area contributed by atoms with Crippen molar-refractivity contribution in [1.82, 2.24) is 20.0 Å². The van der Waals surface area contributed by atoms with Gasteiger partial charge in [-0.25, -0.2) is 9.89 Å². The van der Waals surface area contributed by atoms with Crippen molar-refractivity contribution in [2.75, 3.05) is 32.8 Å². The van der Waals surface area contributed by atoms with Gasteiger partial charge in [-0.3, -0.25) is 9.59 Å². The SMILES string of the molecule is O=C(O)N1CCN(C(=O)c2cc(Cc3n[nH]c(=O)c4ccccc34)cc3c2OCC3)CC1. The molecule has 3 aromatic rings. The zero-order chi connectivity index (χ0) is 22.2. The van der Waals surface area contributed by atoms with E-state index in [2.05, 4.69) is 10.2 Å². The Hall–Kier alpha value is -3.88. The number of nitrogens with zero attached hydrogens (tertiary/aromatic N) is 3. The van der Waals surface area contributed by atoms with Gasteiger partial charge in [-0.2, -0.15) is 5.10 Å². The standard InChI is InChI=1S/C23H22N4O5/c28-21-17-4-2-1-3-16(17)19(24-25-21)13-14-11-15-5-10-32-20(15)18(12-14)22(29)26-6-8-27(9-7-26)23(30)31/h1-4,11-12H,5-10,13H2,(H,25,28)(H,30,31). The molecule has 32 heavy (non-hydrogen) atoms. The zero-order valence-electron chi connectivity index (χ0n) is 17.3. The van der Waals surface area contributed by atoms with Crippen LogP contribution in [0.1, 0.15) is 27.2 Å². The molecular weight excluding hydrogens is 412 g/mol. The van der Waals surface area contributed by atoms with Crippen LogP contribution in [0, 0.1) is 0 Å². The highest BCUT2D eigenvalue weighted by Crippen LogP contribution is 2.33. The van der Waals surface area contributed by atoms with E-state index in [0.717, 1.165) is 28.6 Å². The summed E-state index contributed by atoms with van der Waals surface area (Å²) in [6, 6.07) is 11.2. The van der Waals surface area contributed by atoms with Crippen LogP contribution in [-0.2, 0) is 12.8 Å². The number of carboxylic acid groups (broad SMARTS) is 1. The molecule has 1 aromatic heterocycles. The van der Waals surface area contributed by atoms with Crippen LogP contribution in [0.15, 0.2) is 41.2 Å². The normalized spacial score (nSPS) is 15.5. The third kappa shape index (κ3) is 3.55. The fraction of sp³-hybridized carbons (Fsp3) is 0.304. The van der Waals surface area contributed by atoms with Gasteiger partial charge in [-0.1, -0.05) is 24.3 Å². The summed E-state index contributed by atoms with van der Waals surface area (Å²) in [5.74, 6) is 0.452. The van der Waals surface area contributed by atoms with Gasteiger partial charge in [0.25, 0.3) is 11.5 Å². The second kappa shape index (κ2) is 7.99. The number of hydrogen-bond donors (Lipinski definition) is 2. The highest BCUT2D eigenvalue weighted by Gasteiger charge is 2.29. The van der Waals surface area contributed by atoms with Gasteiger partial charge in [0, 0.05) is 44.4 Å². The number of carbonyl (C=O) groups excluding carboxylic acids is 1. The van der Waals surface area contributed by atoms with Crippen LogP contribution in [0.2, 0.25) is 0 Å². The smallest absolute Gasteiger partial charge is 0.407 e. The average Bonchev–Trinajstić information content (AvgIpc) is 3.29. The lowest BCUT2D eigenvalue weighted by atomic mass is 9.98. The molecule has 2 aliphatic rings. The molecule has 9 nitrogen and oxygen atoms in total. The van der Waals surface area contributed by atoms with Crippen LogP contribution in [0.3, 0.4) is 0 Å². The number of benzene rings is 2. The number of carbonyl (C=O) groups is 2. The van der Waals surface area contributed by atoms with Crippen LogP contribution >= 0.6 is 0 Å². The summed E-state index contributed by atoms with van der Waals surface area (Å²) in [6.07, 6.45) is 0.206. The van der Waals surface area contributed by atoms with Crippen molar-refractivity contribution < 1.29 is 19.4 Å². The maximum absolute atomic E-state index is 13.3. The number of hydrogen-bond acceptors (Lipinski definition) is 5. The average molecular weight is 434 g/mol. The first-order valence-corrected chi connectivity index (χ1v) is 10.5. The van der Waals surface area contributed by atoms with Crippen molar-refractivity contribution in [2.45, 2.75) is 12.8 Å². The Morgan fingerprint density at radius 2 is 1.78 bits per heavy atom. The highest BCUT2D eigenvalue weighted by atomic mass is 16.5. The Balaban J connectivity index is 1.47. The summed E-state index contributed by atoms with van der Waals surface area (Å²) in [5.41, 5.74) is 2.87. The van der Waals surface area contributed by atoms with Gasteiger partial charge in [-0.05, 0) is 23.3 Å². The topological polar surface area (TPSA) is 116 Å². The Kier molecular flexibility index (Phi) is 5.01. The van der Waals surface area contributed by atoms with E-state index in [1.54, 1.807) is 11.0 Å². The molecular formula is C23H22N4O5. The number of piperazine rings is 1. The maximum atomic E-state index is 13.3. The van der Waals surface area contributed by atoms with Crippen LogP contribution in [-0.4, -0.2) is 69.9 Å². The van der Waals surface area contributed by atoms with Crippen LogP contribution in [0.4, 0.5) is 4.79 Å². The first-order chi connectivity index (χ1) is 15.5. The minimum Gasteiger partial charge on any atom is -0.492 e. The molecule has 0 saturated carbocycles. The Morgan fingerprint density at radius 3 is 2.53 bits per heavy atom. The number of rotatable bonds is 3. The number of ether oxygens (including phenoxy) is 1. The van der Waals surface area contributed by atoms with E-state index in [-0.39, 0.29) is 24.6 Å². The van der Waals surface area contributed by atoms with Gasteiger partial charge in [0.2, 0.25) is 0 Å². The van der Waals surface area contributed by atoms with Crippen molar-refractivity contribution in [2.24, 2.45) is 0 Å². The van der Waals surface area contributed by atoms with E-state index >= 15 is 0 Å². The van der Waals surface area contributed by atoms with E-state index in [0.29, 0.717) is 42.8 Å². The molecule has 2 aromatic carbocycles. The molecule has 2 aliphatic heterocycles. The Labute approximate surface area is 183 Å². The lowest BCUT2D eigenvalue weighted by molar-refractivity contribution is 0.0621. The van der Waals surface area contributed by atoms with E-state index in [4.69, 9.17) is 9.84 Å². The van der Waals surface area contributed by atoms with Crippen LogP contribution in [0.5, 0.6) is 5.75 Å². The number of amides is 2. The predicted molar refractivity (Wildman–Crippen MR) is 116 cm³/mol. The molecule has 0 radical (unpaired) electrons. The summed E-state index contributed by atoms with van der Waals surface area (Å²) in [7, 11) is 0. The van der Waals surface area contributed by atoms with E-state index in [1.807, 2.05) is 30.3 Å². The van der Waals surface area contributed by atoms with Crippen molar-refractivity contribution in [3.63, 3.8) is 0 Å². The monoisotopic (exact) mass is 434 g/mol. The van der Waals surface area contributed by atoms with E-state index in [1.165, 1.54) is 4.90 Å². The lowest BCUT2D eigenvalue weighted by Crippen LogP contribution is -2.50. The summed E-state index contributed by atoms with van der Waals surface area (Å²) < 4.78 is 5.78. The van der Waals surface area contributed by atoms with Gasteiger partial charge in [-0.15, -0.1) is 0 Å². The third-order valence-corrected chi connectivity index (χ3v) is 6.06. The number of fused-ring (bicyclic) bond motifs is 2. The first kappa shape index (κ1) is 20.0. The fourth-order valence-corrected chi connectivity index (χ4v) is 4.41. The van der Waals surface area contributed by atoms with Crippen LogP contribution < -0.4 is 10.3 Å². The highest BCUT2D eigenvalue weighted by molar-refractivity contribution is 5.98. The molecule has 1 fully saturated rings. The second-order valence-electron chi connectivity index (χ2n) is 8.01.